The molecule has 0 atom stereocenters. The number of fused-ring (bicyclic) bond motifs is 1. The van der Waals surface area contributed by atoms with Gasteiger partial charge in [0, 0.05) is 24.4 Å². The summed E-state index contributed by atoms with van der Waals surface area (Å²) in [6.07, 6.45) is 3.81. The summed E-state index contributed by atoms with van der Waals surface area (Å²) in [6.45, 7) is 1.53. The summed E-state index contributed by atoms with van der Waals surface area (Å²) >= 11 is 0. The van der Waals surface area contributed by atoms with Crippen LogP contribution in [0.1, 0.15) is 12.8 Å². The Kier molecular flexibility index (Phi) is 3.02. The first-order valence-corrected chi connectivity index (χ1v) is 6.22. The number of nitrogen functional groups attached to an aromatic ring is 1. The Morgan fingerprint density at radius 3 is 2.89 bits per heavy atom. The highest BCUT2D eigenvalue weighted by molar-refractivity contribution is 5.93. The summed E-state index contributed by atoms with van der Waals surface area (Å²) in [7, 11) is 0. The predicted octanol–water partition coefficient (Wildman–Crippen LogP) is 2.37. The second-order valence-corrected chi connectivity index (χ2v) is 4.48. The van der Waals surface area contributed by atoms with E-state index < -0.39 is 0 Å². The largest absolute Gasteiger partial charge is 0.488 e. The molecule has 0 unspecified atom stereocenters. The maximum absolute atomic E-state index is 6.14. The van der Waals surface area contributed by atoms with Crippen molar-refractivity contribution in [2.75, 3.05) is 18.9 Å². The molecule has 1 aliphatic rings. The molecule has 2 heterocycles. The minimum atomic E-state index is 0.204. The van der Waals surface area contributed by atoms with Crippen molar-refractivity contribution in [3.05, 3.63) is 30.5 Å². The molecule has 1 aromatic carbocycles. The molecule has 1 fully saturated rings. The molecule has 0 amide bonds. The number of ether oxygens (including phenoxy) is 2. The van der Waals surface area contributed by atoms with Gasteiger partial charge >= 0.3 is 0 Å². The van der Waals surface area contributed by atoms with Gasteiger partial charge in [-0.25, -0.2) is 0 Å². The molecule has 1 aliphatic heterocycles. The van der Waals surface area contributed by atoms with Crippen molar-refractivity contribution >= 4 is 16.6 Å². The molecule has 1 saturated heterocycles. The Bertz CT molecular complexity index is 550. The van der Waals surface area contributed by atoms with Crippen LogP contribution < -0.4 is 10.5 Å². The molecule has 0 saturated carbocycles. The van der Waals surface area contributed by atoms with E-state index >= 15 is 0 Å². The van der Waals surface area contributed by atoms with Crippen LogP contribution in [0, 0.1) is 0 Å². The number of hydrogen-bond donors (Lipinski definition) is 1. The van der Waals surface area contributed by atoms with Crippen molar-refractivity contribution in [2.24, 2.45) is 0 Å². The van der Waals surface area contributed by atoms with Crippen LogP contribution >= 0.6 is 0 Å². The molecule has 4 nitrogen and oxygen atoms in total. The number of hydrogen-bond acceptors (Lipinski definition) is 4. The van der Waals surface area contributed by atoms with Crippen LogP contribution in [0.25, 0.3) is 10.9 Å². The van der Waals surface area contributed by atoms with E-state index in [2.05, 4.69) is 4.98 Å². The number of anilines is 1. The number of nitrogens with two attached hydrogens (primary N) is 1. The van der Waals surface area contributed by atoms with Gasteiger partial charge in [0.25, 0.3) is 0 Å². The SMILES string of the molecule is Nc1c(OC2CCOCC2)ccc2ncccc12. The highest BCUT2D eigenvalue weighted by Gasteiger charge is 2.17. The summed E-state index contributed by atoms with van der Waals surface area (Å²) < 4.78 is 11.3. The van der Waals surface area contributed by atoms with Crippen molar-refractivity contribution in [3.63, 3.8) is 0 Å². The summed E-state index contributed by atoms with van der Waals surface area (Å²) in [5.41, 5.74) is 7.71. The van der Waals surface area contributed by atoms with Crippen LogP contribution in [0.15, 0.2) is 30.5 Å². The summed E-state index contributed by atoms with van der Waals surface area (Å²) in [5, 5.41) is 0.946. The Labute approximate surface area is 106 Å². The molecule has 2 aromatic rings. The van der Waals surface area contributed by atoms with E-state index in [-0.39, 0.29) is 6.10 Å². The third-order valence-electron chi connectivity index (χ3n) is 3.25. The van der Waals surface area contributed by atoms with Crippen LogP contribution in [0.5, 0.6) is 5.75 Å². The van der Waals surface area contributed by atoms with Crippen LogP contribution in [-0.2, 0) is 4.74 Å². The lowest BCUT2D eigenvalue weighted by Crippen LogP contribution is -2.26. The van der Waals surface area contributed by atoms with Gasteiger partial charge < -0.3 is 15.2 Å². The summed E-state index contributed by atoms with van der Waals surface area (Å²) in [5.74, 6) is 0.752. The van der Waals surface area contributed by atoms with Crippen molar-refractivity contribution in [2.45, 2.75) is 18.9 Å². The van der Waals surface area contributed by atoms with Gasteiger partial charge in [-0.15, -0.1) is 0 Å². The Morgan fingerprint density at radius 1 is 1.22 bits per heavy atom. The second kappa shape index (κ2) is 4.82. The minimum Gasteiger partial charge on any atom is -0.488 e. The van der Waals surface area contributed by atoms with E-state index in [0.29, 0.717) is 5.69 Å². The summed E-state index contributed by atoms with van der Waals surface area (Å²) in [6, 6.07) is 7.70. The molecule has 94 valence electrons. The second-order valence-electron chi connectivity index (χ2n) is 4.48. The molecule has 0 aliphatic carbocycles. The average molecular weight is 244 g/mol. The van der Waals surface area contributed by atoms with Gasteiger partial charge in [0.15, 0.2) is 0 Å². The molecule has 0 radical (unpaired) electrons. The molecule has 3 rings (SSSR count). The topological polar surface area (TPSA) is 57.4 Å². The minimum absolute atomic E-state index is 0.204. The maximum Gasteiger partial charge on any atom is 0.143 e. The van der Waals surface area contributed by atoms with E-state index in [4.69, 9.17) is 15.2 Å². The fourth-order valence-corrected chi connectivity index (χ4v) is 2.23. The highest BCUT2D eigenvalue weighted by atomic mass is 16.5. The third kappa shape index (κ3) is 2.11. The van der Waals surface area contributed by atoms with E-state index in [9.17, 15) is 0 Å². The fraction of sp³-hybridized carbons (Fsp3) is 0.357. The van der Waals surface area contributed by atoms with Crippen molar-refractivity contribution < 1.29 is 9.47 Å². The molecule has 4 heteroatoms. The Morgan fingerprint density at radius 2 is 2.06 bits per heavy atom. The quantitative estimate of drug-likeness (QED) is 0.824. The predicted molar refractivity (Wildman–Crippen MR) is 70.6 cm³/mol. The molecule has 18 heavy (non-hydrogen) atoms. The van der Waals surface area contributed by atoms with Gasteiger partial charge in [-0.1, -0.05) is 0 Å². The van der Waals surface area contributed by atoms with Crippen molar-refractivity contribution in [1.29, 1.82) is 0 Å². The van der Waals surface area contributed by atoms with Gasteiger partial charge in [0.05, 0.1) is 24.4 Å². The van der Waals surface area contributed by atoms with Gasteiger partial charge in [0.1, 0.15) is 11.9 Å². The first-order valence-electron chi connectivity index (χ1n) is 6.22. The van der Waals surface area contributed by atoms with E-state index in [1.54, 1.807) is 6.20 Å². The van der Waals surface area contributed by atoms with Crippen molar-refractivity contribution in [3.8, 4) is 5.75 Å². The number of aromatic nitrogens is 1. The standard InChI is InChI=1S/C14H16N2O2/c15-14-11-2-1-7-16-12(11)3-4-13(14)18-10-5-8-17-9-6-10/h1-4,7,10H,5-6,8-9,15H2. The number of benzene rings is 1. The average Bonchev–Trinajstić information content (AvgIpc) is 2.43. The van der Waals surface area contributed by atoms with Crippen LogP contribution in [0.3, 0.4) is 0 Å². The van der Waals surface area contributed by atoms with E-state index in [1.807, 2.05) is 24.3 Å². The lowest BCUT2D eigenvalue weighted by Gasteiger charge is -2.24. The first kappa shape index (κ1) is 11.3. The number of pyridine rings is 1. The van der Waals surface area contributed by atoms with Gasteiger partial charge in [-0.3, -0.25) is 4.98 Å². The van der Waals surface area contributed by atoms with Gasteiger partial charge in [-0.05, 0) is 24.3 Å². The number of rotatable bonds is 2. The smallest absolute Gasteiger partial charge is 0.143 e. The monoisotopic (exact) mass is 244 g/mol. The van der Waals surface area contributed by atoms with Crippen LogP contribution in [0.2, 0.25) is 0 Å². The zero-order chi connectivity index (χ0) is 12.4. The zero-order valence-electron chi connectivity index (χ0n) is 10.1. The molecule has 2 N–H and O–H groups in total. The first-order chi connectivity index (χ1) is 8.84. The normalized spacial score (nSPS) is 16.9. The van der Waals surface area contributed by atoms with E-state index in [1.165, 1.54) is 0 Å². The van der Waals surface area contributed by atoms with Crippen molar-refractivity contribution in [1.82, 2.24) is 4.98 Å². The van der Waals surface area contributed by atoms with Crippen LogP contribution in [0.4, 0.5) is 5.69 Å². The van der Waals surface area contributed by atoms with Gasteiger partial charge in [-0.2, -0.15) is 0 Å². The molecule has 1 aromatic heterocycles. The molecular formula is C14H16N2O2. The maximum atomic E-state index is 6.14. The highest BCUT2D eigenvalue weighted by Crippen LogP contribution is 2.31. The Hall–Kier alpha value is -1.81. The zero-order valence-corrected chi connectivity index (χ0v) is 10.1. The Balaban J connectivity index is 1.89. The lowest BCUT2D eigenvalue weighted by molar-refractivity contribution is 0.0259. The van der Waals surface area contributed by atoms with Gasteiger partial charge in [0.2, 0.25) is 0 Å². The molecular weight excluding hydrogens is 228 g/mol. The molecule has 0 bridgehead atoms. The number of nitrogens with zero attached hydrogens (tertiary/aromatic N) is 1. The molecule has 0 spiro atoms. The lowest BCUT2D eigenvalue weighted by atomic mass is 10.1. The third-order valence-corrected chi connectivity index (χ3v) is 3.25. The van der Waals surface area contributed by atoms with Crippen LogP contribution in [-0.4, -0.2) is 24.3 Å². The van der Waals surface area contributed by atoms with E-state index in [0.717, 1.165) is 42.7 Å². The fourth-order valence-electron chi connectivity index (χ4n) is 2.23. The summed E-state index contributed by atoms with van der Waals surface area (Å²) in [4.78, 5) is 4.27.